The topological polar surface area (TPSA) is 41.6 Å². The van der Waals surface area contributed by atoms with E-state index in [1.54, 1.807) is 0 Å². The first-order valence-corrected chi connectivity index (χ1v) is 8.97. The van der Waals surface area contributed by atoms with E-state index in [2.05, 4.69) is 24.4 Å². The van der Waals surface area contributed by atoms with Gasteiger partial charge in [-0.1, -0.05) is 19.1 Å². The summed E-state index contributed by atoms with van der Waals surface area (Å²) in [4.78, 5) is 14.2. The zero-order valence-electron chi connectivity index (χ0n) is 14.1. The Morgan fingerprint density at radius 2 is 1.87 bits per heavy atom. The molecule has 1 saturated carbocycles. The van der Waals surface area contributed by atoms with Gasteiger partial charge in [0.15, 0.2) is 6.61 Å². The van der Waals surface area contributed by atoms with E-state index in [1.165, 1.54) is 18.4 Å². The number of hydrogen-bond acceptors (Lipinski definition) is 3. The van der Waals surface area contributed by atoms with Gasteiger partial charge in [0, 0.05) is 19.1 Å². The van der Waals surface area contributed by atoms with Gasteiger partial charge in [-0.25, -0.2) is 0 Å². The van der Waals surface area contributed by atoms with Crippen LogP contribution in [0.4, 0.5) is 0 Å². The van der Waals surface area contributed by atoms with E-state index >= 15 is 0 Å². The summed E-state index contributed by atoms with van der Waals surface area (Å²) in [6.45, 7) is 5.13. The molecular weight excluding hydrogens is 288 g/mol. The summed E-state index contributed by atoms with van der Waals surface area (Å²) >= 11 is 0. The van der Waals surface area contributed by atoms with Gasteiger partial charge in [-0.05, 0) is 62.3 Å². The second-order valence-electron chi connectivity index (χ2n) is 6.79. The number of nitrogens with one attached hydrogen (secondary N) is 1. The maximum absolute atomic E-state index is 12.3. The number of hydrogen-bond donors (Lipinski definition) is 1. The first-order chi connectivity index (χ1) is 11.2. The lowest BCUT2D eigenvalue weighted by molar-refractivity contribution is -0.134. The first kappa shape index (κ1) is 16.3. The molecule has 1 heterocycles. The molecule has 1 amide bonds. The highest BCUT2D eigenvalue weighted by Gasteiger charge is 2.26. The Morgan fingerprint density at radius 1 is 1.17 bits per heavy atom. The fraction of sp³-hybridized carbons (Fsp3) is 0.632. The van der Waals surface area contributed by atoms with Crippen LogP contribution in [0.3, 0.4) is 0 Å². The van der Waals surface area contributed by atoms with E-state index in [0.29, 0.717) is 6.04 Å². The van der Waals surface area contributed by atoms with E-state index in [9.17, 15) is 4.79 Å². The van der Waals surface area contributed by atoms with Crippen molar-refractivity contribution >= 4 is 5.91 Å². The van der Waals surface area contributed by atoms with E-state index in [-0.39, 0.29) is 12.5 Å². The molecule has 0 aromatic heterocycles. The van der Waals surface area contributed by atoms with Gasteiger partial charge < -0.3 is 15.0 Å². The molecule has 0 unspecified atom stereocenters. The summed E-state index contributed by atoms with van der Waals surface area (Å²) < 4.78 is 5.63. The van der Waals surface area contributed by atoms with Crippen LogP contribution in [0.1, 0.15) is 38.2 Å². The Balaban J connectivity index is 1.36. The van der Waals surface area contributed by atoms with E-state index in [4.69, 9.17) is 4.74 Å². The molecular formula is C19H28N2O2. The molecule has 1 aromatic rings. The first-order valence-electron chi connectivity index (χ1n) is 8.97. The van der Waals surface area contributed by atoms with Crippen LogP contribution in [-0.4, -0.2) is 43.1 Å². The summed E-state index contributed by atoms with van der Waals surface area (Å²) in [6.07, 6.45) is 5.91. The lowest BCUT2D eigenvalue weighted by atomic mass is 10.0. The van der Waals surface area contributed by atoms with Crippen molar-refractivity contribution in [2.24, 2.45) is 5.92 Å². The maximum Gasteiger partial charge on any atom is 0.260 e. The van der Waals surface area contributed by atoms with Crippen LogP contribution in [0.25, 0.3) is 0 Å². The van der Waals surface area contributed by atoms with E-state index in [1.807, 2.05) is 17.0 Å². The summed E-state index contributed by atoms with van der Waals surface area (Å²) in [6, 6.07) is 8.58. The van der Waals surface area contributed by atoms with Gasteiger partial charge in [-0.2, -0.15) is 0 Å². The van der Waals surface area contributed by atoms with Crippen LogP contribution < -0.4 is 10.1 Å². The van der Waals surface area contributed by atoms with Crippen molar-refractivity contribution in [2.75, 3.05) is 26.2 Å². The molecule has 1 N–H and O–H groups in total. The van der Waals surface area contributed by atoms with Gasteiger partial charge in [-0.15, -0.1) is 0 Å². The minimum atomic E-state index is 0.102. The predicted octanol–water partition coefficient (Wildman–Crippen LogP) is 2.62. The van der Waals surface area contributed by atoms with Crippen molar-refractivity contribution in [3.05, 3.63) is 29.8 Å². The molecule has 0 atom stereocenters. The van der Waals surface area contributed by atoms with E-state index in [0.717, 1.165) is 50.6 Å². The number of carbonyl (C=O) groups excluding carboxylic acids is 1. The number of carbonyl (C=O) groups is 1. The normalized spacial score (nSPS) is 18.9. The predicted molar refractivity (Wildman–Crippen MR) is 91.6 cm³/mol. The molecule has 3 rings (SSSR count). The van der Waals surface area contributed by atoms with Crippen LogP contribution in [-0.2, 0) is 11.2 Å². The lowest BCUT2D eigenvalue weighted by Crippen LogP contribution is -2.46. The van der Waals surface area contributed by atoms with Crippen LogP contribution >= 0.6 is 0 Å². The monoisotopic (exact) mass is 316 g/mol. The largest absolute Gasteiger partial charge is 0.484 e. The van der Waals surface area contributed by atoms with Gasteiger partial charge in [0.1, 0.15) is 5.75 Å². The Morgan fingerprint density at radius 3 is 2.48 bits per heavy atom. The molecule has 1 aliphatic heterocycles. The second kappa shape index (κ2) is 7.82. The minimum absolute atomic E-state index is 0.102. The highest BCUT2D eigenvalue weighted by molar-refractivity contribution is 5.77. The molecule has 1 aromatic carbocycles. The van der Waals surface area contributed by atoms with Crippen molar-refractivity contribution in [1.29, 1.82) is 0 Å². The molecule has 126 valence electrons. The number of likely N-dealkylation sites (tertiary alicyclic amines) is 1. The number of piperidine rings is 1. The molecule has 23 heavy (non-hydrogen) atoms. The average Bonchev–Trinajstić information content (AvgIpc) is 3.43. The Bertz CT molecular complexity index is 503. The molecule has 2 aliphatic rings. The minimum Gasteiger partial charge on any atom is -0.484 e. The van der Waals surface area contributed by atoms with Crippen molar-refractivity contribution in [2.45, 2.75) is 45.1 Å². The number of rotatable bonds is 7. The lowest BCUT2D eigenvalue weighted by Gasteiger charge is -2.32. The van der Waals surface area contributed by atoms with Crippen molar-refractivity contribution < 1.29 is 9.53 Å². The summed E-state index contributed by atoms with van der Waals surface area (Å²) in [7, 11) is 0. The van der Waals surface area contributed by atoms with Crippen LogP contribution in [0.15, 0.2) is 24.3 Å². The third-order valence-corrected chi connectivity index (χ3v) is 4.93. The number of nitrogens with zero attached hydrogens (tertiary/aromatic N) is 1. The highest BCUT2D eigenvalue weighted by Crippen LogP contribution is 2.28. The number of ether oxygens (including phenoxy) is 1. The van der Waals surface area contributed by atoms with Crippen molar-refractivity contribution in [3.8, 4) is 5.75 Å². The van der Waals surface area contributed by atoms with Gasteiger partial charge in [0.25, 0.3) is 5.91 Å². The van der Waals surface area contributed by atoms with Crippen LogP contribution in [0.2, 0.25) is 0 Å². The van der Waals surface area contributed by atoms with Crippen LogP contribution in [0.5, 0.6) is 5.75 Å². The standard InChI is InChI=1S/C19H28N2O2/c1-2-15-5-7-18(8-6-15)23-14-19(22)21-11-9-17(10-12-21)20-13-16-3-4-16/h5-8,16-17,20H,2-4,9-14H2,1H3. The maximum atomic E-state index is 12.3. The summed E-state index contributed by atoms with van der Waals surface area (Å²) in [5.41, 5.74) is 1.28. The zero-order valence-corrected chi connectivity index (χ0v) is 14.1. The van der Waals surface area contributed by atoms with Gasteiger partial charge in [0.2, 0.25) is 0 Å². The van der Waals surface area contributed by atoms with Crippen LogP contribution in [0, 0.1) is 5.92 Å². The molecule has 0 spiro atoms. The van der Waals surface area contributed by atoms with Gasteiger partial charge in [-0.3, -0.25) is 4.79 Å². The quantitative estimate of drug-likeness (QED) is 0.841. The number of aryl methyl sites for hydroxylation is 1. The second-order valence-corrected chi connectivity index (χ2v) is 6.79. The molecule has 4 heteroatoms. The van der Waals surface area contributed by atoms with Crippen molar-refractivity contribution in [3.63, 3.8) is 0 Å². The number of amides is 1. The fourth-order valence-corrected chi connectivity index (χ4v) is 3.05. The third kappa shape index (κ3) is 4.96. The van der Waals surface area contributed by atoms with Gasteiger partial charge >= 0.3 is 0 Å². The zero-order chi connectivity index (χ0) is 16.1. The molecule has 2 fully saturated rings. The SMILES string of the molecule is CCc1ccc(OCC(=O)N2CCC(NCC3CC3)CC2)cc1. The smallest absolute Gasteiger partial charge is 0.260 e. The van der Waals surface area contributed by atoms with Gasteiger partial charge in [0.05, 0.1) is 0 Å². The molecule has 0 bridgehead atoms. The molecule has 0 radical (unpaired) electrons. The van der Waals surface area contributed by atoms with Crippen molar-refractivity contribution in [1.82, 2.24) is 10.2 Å². The fourth-order valence-electron chi connectivity index (χ4n) is 3.05. The summed E-state index contributed by atoms with van der Waals surface area (Å²) in [5.74, 6) is 1.80. The Kier molecular flexibility index (Phi) is 5.55. The summed E-state index contributed by atoms with van der Waals surface area (Å²) in [5, 5.41) is 3.64. The Labute approximate surface area is 139 Å². The van der Waals surface area contributed by atoms with E-state index < -0.39 is 0 Å². The molecule has 1 saturated heterocycles. The molecule has 4 nitrogen and oxygen atoms in total. The average molecular weight is 316 g/mol. The number of benzene rings is 1. The third-order valence-electron chi connectivity index (χ3n) is 4.93. The Hall–Kier alpha value is -1.55. The molecule has 1 aliphatic carbocycles. The highest BCUT2D eigenvalue weighted by atomic mass is 16.5.